The zero-order valence-corrected chi connectivity index (χ0v) is 10.6. The van der Waals surface area contributed by atoms with Gasteiger partial charge in [0.15, 0.2) is 5.88 Å². The Morgan fingerprint density at radius 1 is 1.44 bits per heavy atom. The molecule has 2 rings (SSSR count). The molecule has 94 valence electrons. The number of pyridine rings is 1. The highest BCUT2D eigenvalue weighted by molar-refractivity contribution is 6.03. The van der Waals surface area contributed by atoms with Gasteiger partial charge in [-0.25, -0.2) is 4.98 Å². The maximum absolute atomic E-state index is 12.1. The number of hydrogen-bond acceptors (Lipinski definition) is 4. The van der Waals surface area contributed by atoms with E-state index in [4.69, 9.17) is 4.74 Å². The van der Waals surface area contributed by atoms with Gasteiger partial charge in [-0.3, -0.25) is 9.20 Å². The number of ether oxygens (including phenoxy) is 1. The van der Waals surface area contributed by atoms with Gasteiger partial charge in [0.2, 0.25) is 5.78 Å². The zero-order valence-electron chi connectivity index (χ0n) is 10.6. The van der Waals surface area contributed by atoms with Crippen LogP contribution in [0.1, 0.15) is 10.5 Å². The van der Waals surface area contributed by atoms with Crippen molar-refractivity contribution >= 4 is 11.4 Å². The standard InChI is InChI=1S/C13H15N3O2/c1-15(2)8-7-11(17)10-9-14-12-5-4-6-13(18-3)16(10)12/h4-9H,1-3H3. The summed E-state index contributed by atoms with van der Waals surface area (Å²) < 4.78 is 6.94. The molecule has 0 atom stereocenters. The van der Waals surface area contributed by atoms with Crippen molar-refractivity contribution < 1.29 is 9.53 Å². The second-order valence-electron chi connectivity index (χ2n) is 4.05. The number of aromatic nitrogens is 2. The largest absolute Gasteiger partial charge is 0.482 e. The third kappa shape index (κ3) is 2.20. The van der Waals surface area contributed by atoms with Crippen LogP contribution in [0.4, 0.5) is 0 Å². The fourth-order valence-electron chi connectivity index (χ4n) is 1.64. The number of methoxy groups -OCH3 is 1. The van der Waals surface area contributed by atoms with Gasteiger partial charge in [0, 0.05) is 26.4 Å². The predicted octanol–water partition coefficient (Wildman–Crippen LogP) is 1.60. The molecule has 0 fully saturated rings. The third-order valence-corrected chi connectivity index (χ3v) is 2.48. The Bertz CT molecular complexity index is 599. The van der Waals surface area contributed by atoms with Crippen LogP contribution in [0.5, 0.6) is 5.88 Å². The molecule has 0 aliphatic heterocycles. The topological polar surface area (TPSA) is 46.8 Å². The first-order chi connectivity index (χ1) is 8.63. The molecule has 0 radical (unpaired) electrons. The first-order valence-electron chi connectivity index (χ1n) is 5.53. The molecule has 0 saturated heterocycles. The van der Waals surface area contributed by atoms with E-state index in [1.165, 1.54) is 6.08 Å². The summed E-state index contributed by atoms with van der Waals surface area (Å²) in [6.07, 6.45) is 4.77. The van der Waals surface area contributed by atoms with Crippen LogP contribution in [-0.2, 0) is 0 Å². The second kappa shape index (κ2) is 4.91. The number of nitrogens with zero attached hydrogens (tertiary/aromatic N) is 3. The SMILES string of the molecule is COc1cccc2ncc(C(=O)C=CN(C)C)n12. The smallest absolute Gasteiger partial charge is 0.205 e. The summed E-state index contributed by atoms with van der Waals surface area (Å²) in [4.78, 5) is 18.1. The number of imidazole rings is 1. The molecule has 0 aromatic carbocycles. The number of hydrogen-bond donors (Lipinski definition) is 0. The fraction of sp³-hybridized carbons (Fsp3) is 0.231. The molecule has 0 aliphatic carbocycles. The maximum Gasteiger partial charge on any atom is 0.205 e. The van der Waals surface area contributed by atoms with Crippen molar-refractivity contribution in [3.63, 3.8) is 0 Å². The van der Waals surface area contributed by atoms with Crippen LogP contribution in [0.25, 0.3) is 5.65 Å². The van der Waals surface area contributed by atoms with Crippen molar-refractivity contribution in [3.05, 3.63) is 42.4 Å². The van der Waals surface area contributed by atoms with Crippen molar-refractivity contribution in [2.75, 3.05) is 21.2 Å². The maximum atomic E-state index is 12.1. The number of carbonyl (C=O) groups is 1. The minimum atomic E-state index is -0.110. The summed E-state index contributed by atoms with van der Waals surface area (Å²) in [5, 5.41) is 0. The highest BCUT2D eigenvalue weighted by Gasteiger charge is 2.12. The number of fused-ring (bicyclic) bond motifs is 1. The lowest BCUT2D eigenvalue weighted by molar-refractivity contribution is 0.103. The molecule has 0 aliphatic rings. The van der Waals surface area contributed by atoms with Crippen molar-refractivity contribution in [1.29, 1.82) is 0 Å². The Hall–Kier alpha value is -2.30. The molecular weight excluding hydrogens is 230 g/mol. The molecule has 0 amide bonds. The molecule has 0 spiro atoms. The highest BCUT2D eigenvalue weighted by Crippen LogP contribution is 2.17. The minimum absolute atomic E-state index is 0.110. The Kier molecular flexibility index (Phi) is 3.32. The van der Waals surface area contributed by atoms with E-state index in [1.807, 2.05) is 26.2 Å². The van der Waals surface area contributed by atoms with Gasteiger partial charge in [-0.15, -0.1) is 0 Å². The van der Waals surface area contributed by atoms with Gasteiger partial charge in [0.25, 0.3) is 0 Å². The summed E-state index contributed by atoms with van der Waals surface area (Å²) in [6, 6.07) is 5.46. The number of carbonyl (C=O) groups excluding carboxylic acids is 1. The van der Waals surface area contributed by atoms with E-state index >= 15 is 0 Å². The summed E-state index contributed by atoms with van der Waals surface area (Å²) in [5.41, 5.74) is 1.18. The second-order valence-corrected chi connectivity index (χ2v) is 4.05. The highest BCUT2D eigenvalue weighted by atomic mass is 16.5. The summed E-state index contributed by atoms with van der Waals surface area (Å²) >= 11 is 0. The minimum Gasteiger partial charge on any atom is -0.482 e. The predicted molar refractivity (Wildman–Crippen MR) is 68.9 cm³/mol. The molecule has 2 aromatic heterocycles. The van der Waals surface area contributed by atoms with E-state index < -0.39 is 0 Å². The van der Waals surface area contributed by atoms with Gasteiger partial charge >= 0.3 is 0 Å². The molecule has 0 saturated carbocycles. The Labute approximate surface area is 105 Å². The first-order valence-corrected chi connectivity index (χ1v) is 5.53. The van der Waals surface area contributed by atoms with Crippen molar-refractivity contribution in [1.82, 2.24) is 14.3 Å². The van der Waals surface area contributed by atoms with E-state index in [-0.39, 0.29) is 5.78 Å². The van der Waals surface area contributed by atoms with Crippen LogP contribution in [-0.4, -0.2) is 41.3 Å². The lowest BCUT2D eigenvalue weighted by Gasteiger charge is -2.06. The van der Waals surface area contributed by atoms with E-state index in [0.29, 0.717) is 17.2 Å². The van der Waals surface area contributed by atoms with Crippen LogP contribution < -0.4 is 4.74 Å². The molecule has 0 unspecified atom stereocenters. The van der Waals surface area contributed by atoms with E-state index in [1.54, 1.807) is 34.9 Å². The lowest BCUT2D eigenvalue weighted by Crippen LogP contribution is -2.06. The van der Waals surface area contributed by atoms with Gasteiger partial charge < -0.3 is 9.64 Å². The molecule has 5 heteroatoms. The lowest BCUT2D eigenvalue weighted by atomic mass is 10.3. The normalized spacial score (nSPS) is 11.1. The first kappa shape index (κ1) is 12.2. The Balaban J connectivity index is 2.48. The summed E-state index contributed by atoms with van der Waals surface area (Å²) in [5.74, 6) is 0.479. The average Bonchev–Trinajstić information content (AvgIpc) is 2.79. The molecule has 0 bridgehead atoms. The average molecular weight is 245 g/mol. The molecule has 0 N–H and O–H groups in total. The quantitative estimate of drug-likeness (QED) is 0.606. The molecular formula is C13H15N3O2. The van der Waals surface area contributed by atoms with E-state index in [9.17, 15) is 4.79 Å². The third-order valence-electron chi connectivity index (χ3n) is 2.48. The van der Waals surface area contributed by atoms with Crippen LogP contribution in [0.2, 0.25) is 0 Å². The van der Waals surface area contributed by atoms with Crippen molar-refractivity contribution in [2.24, 2.45) is 0 Å². The van der Waals surface area contributed by atoms with Crippen LogP contribution in [0, 0.1) is 0 Å². The number of ketones is 1. The summed E-state index contributed by atoms with van der Waals surface area (Å²) in [6.45, 7) is 0. The molecule has 18 heavy (non-hydrogen) atoms. The number of rotatable bonds is 4. The molecule has 2 aromatic rings. The van der Waals surface area contributed by atoms with E-state index in [2.05, 4.69) is 4.98 Å². The van der Waals surface area contributed by atoms with Crippen molar-refractivity contribution in [3.8, 4) is 5.88 Å². The van der Waals surface area contributed by atoms with Crippen LogP contribution >= 0.6 is 0 Å². The van der Waals surface area contributed by atoms with Gasteiger partial charge in [-0.1, -0.05) is 6.07 Å². The molecule has 5 nitrogen and oxygen atoms in total. The fourth-order valence-corrected chi connectivity index (χ4v) is 1.64. The number of allylic oxidation sites excluding steroid dienone is 1. The molecule has 2 heterocycles. The van der Waals surface area contributed by atoms with Crippen LogP contribution in [0.15, 0.2) is 36.7 Å². The van der Waals surface area contributed by atoms with Gasteiger partial charge in [0.05, 0.1) is 13.3 Å². The zero-order chi connectivity index (χ0) is 13.1. The summed E-state index contributed by atoms with van der Waals surface area (Å²) in [7, 11) is 5.29. The monoisotopic (exact) mass is 245 g/mol. The van der Waals surface area contributed by atoms with Gasteiger partial charge in [-0.2, -0.15) is 0 Å². The van der Waals surface area contributed by atoms with Crippen LogP contribution in [0.3, 0.4) is 0 Å². The van der Waals surface area contributed by atoms with Gasteiger partial charge in [0.1, 0.15) is 11.3 Å². The Morgan fingerprint density at radius 2 is 2.22 bits per heavy atom. The van der Waals surface area contributed by atoms with Crippen molar-refractivity contribution in [2.45, 2.75) is 0 Å². The Morgan fingerprint density at radius 3 is 2.89 bits per heavy atom. The van der Waals surface area contributed by atoms with E-state index in [0.717, 1.165) is 0 Å². The van der Waals surface area contributed by atoms with Gasteiger partial charge in [-0.05, 0) is 12.1 Å².